The molecule has 0 spiro atoms. The number of aromatic nitrogens is 4. The Bertz CT molecular complexity index is 597. The van der Waals surface area contributed by atoms with Crippen LogP contribution in [0.25, 0.3) is 11.1 Å². The number of hydrogen-bond donors (Lipinski definition) is 4. The van der Waals surface area contributed by atoms with E-state index >= 15 is 0 Å². The minimum atomic E-state index is -4.92. The van der Waals surface area contributed by atoms with E-state index in [0.717, 1.165) is 11.1 Å². The predicted molar refractivity (Wildman–Crippen MR) is 58.3 cm³/mol. The maximum absolute atomic E-state index is 8.63. The van der Waals surface area contributed by atoms with E-state index in [-0.39, 0.29) is 0 Å². The predicted octanol–water partition coefficient (Wildman–Crippen LogP) is -2.35. The molecule has 0 saturated heterocycles. The van der Waals surface area contributed by atoms with Crippen LogP contribution in [0.5, 0.6) is 0 Å². The maximum Gasteiger partial charge on any atom is 0.215 e. The molecule has 0 fully saturated rings. The van der Waals surface area contributed by atoms with Crippen molar-refractivity contribution in [1.29, 1.82) is 0 Å². The lowest BCUT2D eigenvalue weighted by atomic mass is 10.2. The van der Waals surface area contributed by atoms with Crippen LogP contribution in [-0.4, -0.2) is 45.2 Å². The number of hydrogen-bond acceptors (Lipinski definition) is 6. The first kappa shape index (κ1) is 18.2. The Balaban J connectivity index is 0.000000310. The van der Waals surface area contributed by atoms with Crippen molar-refractivity contribution in [2.24, 2.45) is 0 Å². The van der Waals surface area contributed by atoms with Gasteiger partial charge in [-0.05, 0) is 0 Å². The van der Waals surface area contributed by atoms with Gasteiger partial charge in [-0.25, -0.2) is 16.8 Å². The van der Waals surface area contributed by atoms with Crippen molar-refractivity contribution in [3.63, 3.8) is 0 Å². The lowest BCUT2D eigenvalue weighted by Crippen LogP contribution is -1.96. The highest BCUT2D eigenvalue weighted by molar-refractivity contribution is 7.80. The Morgan fingerprint density at radius 2 is 1.10 bits per heavy atom. The van der Waals surface area contributed by atoms with Crippen LogP contribution < -0.4 is 10.2 Å². The zero-order valence-corrected chi connectivity index (χ0v) is 11.1. The van der Waals surface area contributed by atoms with Gasteiger partial charge in [0, 0.05) is 0 Å². The molecular formula is C6H10N4O8S2. The van der Waals surface area contributed by atoms with Gasteiger partial charge in [-0.3, -0.25) is 9.11 Å². The summed E-state index contributed by atoms with van der Waals surface area (Å²) >= 11 is 0. The van der Waals surface area contributed by atoms with Crippen LogP contribution in [0, 0.1) is 0 Å². The van der Waals surface area contributed by atoms with Crippen molar-refractivity contribution in [3.8, 4) is 11.1 Å². The third-order valence-electron chi connectivity index (χ3n) is 1.41. The van der Waals surface area contributed by atoms with E-state index in [1.807, 2.05) is 24.8 Å². The molecule has 6 N–H and O–H groups in total. The van der Waals surface area contributed by atoms with Gasteiger partial charge < -0.3 is 9.11 Å². The smallest absolute Gasteiger partial charge is 0.215 e. The highest BCUT2D eigenvalue weighted by Gasteiger charge is 2.03. The molecule has 12 nitrogen and oxygen atoms in total. The van der Waals surface area contributed by atoms with E-state index in [0.29, 0.717) is 0 Å². The molecule has 2 rings (SSSR count). The molecule has 114 valence electrons. The summed E-state index contributed by atoms with van der Waals surface area (Å²) in [5.74, 6) is 0. The standard InChI is InChI=1S/C6H6N4.2H2O4S/c1-5(2-8-7-1)6-3-9-10-4-6;2*1-5(2,3)4/h1-4H,(H,7,8)(H,9,10);2*(H2,1,2,3,4). The third kappa shape index (κ3) is 14.2. The summed E-state index contributed by atoms with van der Waals surface area (Å²) in [7, 11) is -9.83. The minimum Gasteiger partial charge on any atom is -0.726 e. The summed E-state index contributed by atoms with van der Waals surface area (Å²) in [6.07, 6.45) is 7.60. The summed E-state index contributed by atoms with van der Waals surface area (Å²) in [4.78, 5) is 0. The Kier molecular flexibility index (Phi) is 6.97. The number of rotatable bonds is 1. The van der Waals surface area contributed by atoms with Crippen LogP contribution in [0.4, 0.5) is 0 Å². The van der Waals surface area contributed by atoms with E-state index in [1.165, 1.54) is 0 Å². The third-order valence-corrected chi connectivity index (χ3v) is 1.41. The average Bonchev–Trinajstić information content (AvgIpc) is 2.85. The molecule has 0 amide bonds. The summed E-state index contributed by atoms with van der Waals surface area (Å²) in [6, 6.07) is 0. The van der Waals surface area contributed by atoms with E-state index in [2.05, 4.69) is 20.4 Å². The number of nitrogens with one attached hydrogen (secondary N) is 4. The lowest BCUT2D eigenvalue weighted by molar-refractivity contribution is -0.449. The summed E-state index contributed by atoms with van der Waals surface area (Å²) < 4.78 is 65.7. The lowest BCUT2D eigenvalue weighted by Gasteiger charge is -1.88. The van der Waals surface area contributed by atoms with Crippen molar-refractivity contribution in [3.05, 3.63) is 24.8 Å². The largest absolute Gasteiger partial charge is 0.726 e. The Hall–Kier alpha value is -1.84. The van der Waals surface area contributed by atoms with Gasteiger partial charge in [-0.1, -0.05) is 0 Å². The first-order valence-corrected chi connectivity index (χ1v) is 7.15. The van der Waals surface area contributed by atoms with E-state index in [4.69, 9.17) is 35.0 Å². The fourth-order valence-corrected chi connectivity index (χ4v) is 0.894. The molecule has 0 aliphatic heterocycles. The highest BCUT2D eigenvalue weighted by Crippen LogP contribution is 2.11. The fourth-order valence-electron chi connectivity index (χ4n) is 0.894. The topological polar surface area (TPSA) is 215 Å². The molecule has 2 heterocycles. The molecule has 20 heavy (non-hydrogen) atoms. The van der Waals surface area contributed by atoms with Crippen molar-refractivity contribution in [2.75, 3.05) is 0 Å². The van der Waals surface area contributed by atoms with Crippen LogP contribution in [0.3, 0.4) is 0 Å². The number of aromatic amines is 4. The summed E-state index contributed by atoms with van der Waals surface area (Å²) in [5, 5.41) is 11.5. The fraction of sp³-hybridized carbons (Fsp3) is 0. The second kappa shape index (κ2) is 7.68. The molecule has 0 radical (unpaired) electrons. The van der Waals surface area contributed by atoms with Gasteiger partial charge in [-0.15, -0.1) is 10.2 Å². The summed E-state index contributed by atoms with van der Waals surface area (Å²) in [6.45, 7) is 0. The van der Waals surface area contributed by atoms with Crippen LogP contribution in [0.2, 0.25) is 0 Å². The monoisotopic (exact) mass is 330 g/mol. The van der Waals surface area contributed by atoms with Gasteiger partial charge in [0.25, 0.3) is 0 Å². The number of H-pyrrole nitrogens is 4. The van der Waals surface area contributed by atoms with Crippen molar-refractivity contribution >= 4 is 20.8 Å². The first-order chi connectivity index (χ1) is 8.97. The molecule has 0 aliphatic rings. The SMILES string of the molecule is O=S(=O)([O-])O.O=S(=O)([O-])O.c1[nH][nH+]cc1-c1c[nH][nH+]c1. The minimum absolute atomic E-state index is 1.14. The van der Waals surface area contributed by atoms with Gasteiger partial charge >= 0.3 is 0 Å². The van der Waals surface area contributed by atoms with Crippen molar-refractivity contribution in [2.45, 2.75) is 0 Å². The van der Waals surface area contributed by atoms with Gasteiger partial charge in [0.1, 0.15) is 0 Å². The molecule has 14 heteroatoms. The average molecular weight is 330 g/mol. The zero-order valence-electron chi connectivity index (χ0n) is 9.47. The van der Waals surface area contributed by atoms with E-state index in [1.54, 1.807) is 0 Å². The molecule has 2 aromatic rings. The Labute approximate surface area is 113 Å². The van der Waals surface area contributed by atoms with E-state index in [9.17, 15) is 0 Å². The molecule has 2 aromatic heterocycles. The molecule has 0 atom stereocenters. The normalized spacial score (nSPS) is 10.8. The van der Waals surface area contributed by atoms with Crippen LogP contribution in [-0.2, 0) is 20.8 Å². The zero-order chi connectivity index (χ0) is 15.8. The maximum atomic E-state index is 8.63. The second-order valence-electron chi connectivity index (χ2n) is 2.92. The molecule has 0 unspecified atom stereocenters. The molecular weight excluding hydrogens is 320 g/mol. The van der Waals surface area contributed by atoms with Gasteiger partial charge in [0.2, 0.25) is 33.2 Å². The summed E-state index contributed by atoms with van der Waals surface area (Å²) in [5.41, 5.74) is 2.27. The van der Waals surface area contributed by atoms with Crippen molar-refractivity contribution in [1.82, 2.24) is 10.2 Å². The van der Waals surface area contributed by atoms with Gasteiger partial charge in [-0.2, -0.15) is 10.2 Å². The van der Waals surface area contributed by atoms with E-state index < -0.39 is 20.8 Å². The molecule has 0 bridgehead atoms. The Morgan fingerprint density at radius 3 is 1.25 bits per heavy atom. The molecule has 0 saturated carbocycles. The quantitative estimate of drug-likeness (QED) is 0.327. The van der Waals surface area contributed by atoms with Crippen LogP contribution >= 0.6 is 0 Å². The molecule has 0 aliphatic carbocycles. The Morgan fingerprint density at radius 1 is 0.850 bits per heavy atom. The molecule has 0 aromatic carbocycles. The first-order valence-electron chi connectivity index (χ1n) is 4.42. The highest BCUT2D eigenvalue weighted by atomic mass is 32.3. The van der Waals surface area contributed by atoms with Gasteiger partial charge in [0.05, 0.1) is 23.5 Å². The van der Waals surface area contributed by atoms with Gasteiger partial charge in [0.15, 0.2) is 0 Å². The van der Waals surface area contributed by atoms with Crippen LogP contribution in [0.1, 0.15) is 0 Å². The van der Waals surface area contributed by atoms with Crippen molar-refractivity contribution < 1.29 is 45.2 Å². The van der Waals surface area contributed by atoms with Crippen LogP contribution in [0.15, 0.2) is 24.8 Å². The second-order valence-corrected chi connectivity index (χ2v) is 4.63.